The topological polar surface area (TPSA) is 44.8 Å². The number of ether oxygens (including phenoxy) is 3. The van der Waals surface area contributed by atoms with Gasteiger partial charge < -0.3 is 9.47 Å². The lowest BCUT2D eigenvalue weighted by Crippen LogP contribution is -2.31. The number of benzene rings is 1. The van der Waals surface area contributed by atoms with E-state index < -0.39 is 11.4 Å². The van der Waals surface area contributed by atoms with Crippen LogP contribution >= 0.6 is 11.8 Å². The van der Waals surface area contributed by atoms with E-state index in [4.69, 9.17) is 14.2 Å². The molecule has 0 aromatic heterocycles. The molecule has 1 aliphatic heterocycles. The highest BCUT2D eigenvalue weighted by molar-refractivity contribution is 8.00. The minimum absolute atomic E-state index is 0.347. The summed E-state index contributed by atoms with van der Waals surface area (Å²) < 4.78 is 16.4. The predicted molar refractivity (Wildman–Crippen MR) is 69.3 cm³/mol. The zero-order valence-corrected chi connectivity index (χ0v) is 11.5. The molecule has 18 heavy (non-hydrogen) atoms. The fourth-order valence-corrected chi connectivity index (χ4v) is 2.62. The van der Waals surface area contributed by atoms with Crippen LogP contribution in [0.5, 0.6) is 5.75 Å². The van der Waals surface area contributed by atoms with Gasteiger partial charge in [0.25, 0.3) is 5.12 Å². The third-order valence-corrected chi connectivity index (χ3v) is 3.56. The molecule has 0 spiro atoms. The van der Waals surface area contributed by atoms with Crippen molar-refractivity contribution in [2.75, 3.05) is 5.75 Å². The lowest BCUT2D eigenvalue weighted by atomic mass is 10.2. The second-order valence-electron chi connectivity index (χ2n) is 4.25. The van der Waals surface area contributed by atoms with E-state index in [0.29, 0.717) is 5.75 Å². The Hall–Kier alpha value is -1.20. The average Bonchev–Trinajstić information content (AvgIpc) is 2.58. The van der Waals surface area contributed by atoms with Crippen molar-refractivity contribution in [3.63, 3.8) is 0 Å². The summed E-state index contributed by atoms with van der Waals surface area (Å²) in [6, 6.07) is 7.74. The number of carbonyl (C=O) groups excluding carboxylic acids is 1. The first-order chi connectivity index (χ1) is 8.47. The van der Waals surface area contributed by atoms with Crippen molar-refractivity contribution in [3.05, 3.63) is 29.8 Å². The molecule has 5 heteroatoms. The number of carbonyl (C=O) groups is 1. The molecule has 0 radical (unpaired) electrons. The maximum atomic E-state index is 10.9. The van der Waals surface area contributed by atoms with Gasteiger partial charge in [0.2, 0.25) is 6.29 Å². The molecule has 0 aliphatic carbocycles. The molecule has 2 rings (SSSR count). The van der Waals surface area contributed by atoms with Crippen molar-refractivity contribution in [2.24, 2.45) is 0 Å². The summed E-state index contributed by atoms with van der Waals surface area (Å²) in [7, 11) is 0. The molecule has 2 unspecified atom stereocenters. The average molecular weight is 268 g/mol. The zero-order valence-electron chi connectivity index (χ0n) is 10.6. The van der Waals surface area contributed by atoms with Crippen LogP contribution in [0.3, 0.4) is 0 Å². The monoisotopic (exact) mass is 268 g/mol. The minimum Gasteiger partial charge on any atom is -0.453 e. The summed E-state index contributed by atoms with van der Waals surface area (Å²) in [4.78, 5) is 10.9. The van der Waals surface area contributed by atoms with Gasteiger partial charge >= 0.3 is 5.97 Å². The third kappa shape index (κ3) is 3.40. The number of rotatable bonds is 3. The van der Waals surface area contributed by atoms with Crippen molar-refractivity contribution >= 4 is 17.7 Å². The van der Waals surface area contributed by atoms with Crippen molar-refractivity contribution in [1.82, 2.24) is 0 Å². The van der Waals surface area contributed by atoms with Crippen LogP contribution in [0.1, 0.15) is 19.4 Å². The zero-order chi connectivity index (χ0) is 13.2. The normalized spacial score (nSPS) is 26.9. The molecular formula is C13H16O4S. The second-order valence-corrected chi connectivity index (χ2v) is 5.61. The molecule has 1 heterocycles. The van der Waals surface area contributed by atoms with Gasteiger partial charge in [0.05, 0.1) is 5.75 Å². The fourth-order valence-electron chi connectivity index (χ4n) is 1.72. The molecule has 1 aromatic carbocycles. The van der Waals surface area contributed by atoms with Crippen molar-refractivity contribution < 1.29 is 19.0 Å². The van der Waals surface area contributed by atoms with Crippen LogP contribution in [0, 0.1) is 6.92 Å². The molecule has 1 aliphatic rings. The molecule has 0 saturated carbocycles. The van der Waals surface area contributed by atoms with E-state index in [9.17, 15) is 4.79 Å². The van der Waals surface area contributed by atoms with Crippen molar-refractivity contribution in [1.29, 1.82) is 0 Å². The maximum absolute atomic E-state index is 10.9. The number of aryl methyl sites for hydroxylation is 1. The Balaban J connectivity index is 1.99. The van der Waals surface area contributed by atoms with Crippen LogP contribution in [0.4, 0.5) is 0 Å². The summed E-state index contributed by atoms with van der Waals surface area (Å²) in [6.07, 6.45) is -0.540. The van der Waals surface area contributed by atoms with Gasteiger partial charge in [-0.1, -0.05) is 23.9 Å². The van der Waals surface area contributed by atoms with Gasteiger partial charge in [0.15, 0.2) is 0 Å². The van der Waals surface area contributed by atoms with Gasteiger partial charge in [0.1, 0.15) is 5.75 Å². The fraction of sp³-hybridized carbons (Fsp3) is 0.462. The van der Waals surface area contributed by atoms with Crippen LogP contribution in [0.15, 0.2) is 24.3 Å². The Morgan fingerprint density at radius 1 is 1.56 bits per heavy atom. The minimum atomic E-state index is -0.812. The highest BCUT2D eigenvalue weighted by atomic mass is 32.2. The van der Waals surface area contributed by atoms with E-state index in [1.165, 1.54) is 18.7 Å². The van der Waals surface area contributed by atoms with E-state index in [-0.39, 0.29) is 5.97 Å². The summed E-state index contributed by atoms with van der Waals surface area (Å²) in [5, 5.41) is -0.812. The molecule has 0 N–H and O–H groups in total. The largest absolute Gasteiger partial charge is 0.453 e. The molecule has 2 atom stereocenters. The van der Waals surface area contributed by atoms with Gasteiger partial charge in [-0.05, 0) is 24.6 Å². The van der Waals surface area contributed by atoms with Gasteiger partial charge in [-0.2, -0.15) is 0 Å². The van der Waals surface area contributed by atoms with Crippen LogP contribution in [-0.2, 0) is 14.3 Å². The number of hydrogen-bond donors (Lipinski definition) is 0. The van der Waals surface area contributed by atoms with Crippen molar-refractivity contribution in [3.8, 4) is 5.75 Å². The second kappa shape index (κ2) is 5.20. The smallest absolute Gasteiger partial charge is 0.304 e. The quantitative estimate of drug-likeness (QED) is 0.789. The van der Waals surface area contributed by atoms with Crippen LogP contribution in [0.25, 0.3) is 0 Å². The molecule has 1 saturated heterocycles. The van der Waals surface area contributed by atoms with Crippen LogP contribution < -0.4 is 4.74 Å². The SMILES string of the molecule is CC(=O)OC1CSC(C)(Oc2cccc(C)c2)O1. The Morgan fingerprint density at radius 3 is 3.00 bits per heavy atom. The van der Waals surface area contributed by atoms with Gasteiger partial charge in [-0.25, -0.2) is 0 Å². The van der Waals surface area contributed by atoms with Gasteiger partial charge in [-0.15, -0.1) is 0 Å². The summed E-state index contributed by atoms with van der Waals surface area (Å²) >= 11 is 1.47. The molecule has 0 amide bonds. The van der Waals surface area contributed by atoms with E-state index in [2.05, 4.69) is 0 Å². The summed E-state index contributed by atoms with van der Waals surface area (Å²) in [5.74, 6) is 0.968. The van der Waals surface area contributed by atoms with Crippen LogP contribution in [-0.4, -0.2) is 23.1 Å². The van der Waals surface area contributed by atoms with E-state index in [1.54, 1.807) is 0 Å². The Morgan fingerprint density at radius 2 is 2.33 bits per heavy atom. The Labute approximate surface area is 111 Å². The highest BCUT2D eigenvalue weighted by Gasteiger charge is 2.40. The first kappa shape index (κ1) is 13.2. The lowest BCUT2D eigenvalue weighted by Gasteiger charge is -2.24. The maximum Gasteiger partial charge on any atom is 0.304 e. The Kier molecular flexibility index (Phi) is 3.82. The lowest BCUT2D eigenvalue weighted by molar-refractivity contribution is -0.207. The molecule has 98 valence electrons. The molecule has 1 aromatic rings. The van der Waals surface area contributed by atoms with E-state index in [1.807, 2.05) is 38.1 Å². The van der Waals surface area contributed by atoms with Crippen LogP contribution in [0.2, 0.25) is 0 Å². The van der Waals surface area contributed by atoms with Crippen molar-refractivity contribution in [2.45, 2.75) is 32.2 Å². The van der Waals surface area contributed by atoms with Gasteiger partial charge in [0, 0.05) is 13.8 Å². The van der Waals surface area contributed by atoms with E-state index in [0.717, 1.165) is 11.3 Å². The highest BCUT2D eigenvalue weighted by Crippen LogP contribution is 2.38. The summed E-state index contributed by atoms with van der Waals surface area (Å²) in [5.41, 5.74) is 1.12. The molecule has 1 fully saturated rings. The number of hydrogen-bond acceptors (Lipinski definition) is 5. The number of esters is 1. The standard InChI is InChI=1S/C13H16O4S/c1-9-5-4-6-11(7-9)16-13(3)17-12(8-18-13)15-10(2)14/h4-7,12H,8H2,1-3H3. The van der Waals surface area contributed by atoms with E-state index >= 15 is 0 Å². The van der Waals surface area contributed by atoms with Gasteiger partial charge in [-0.3, -0.25) is 9.53 Å². The molecule has 0 bridgehead atoms. The molecular weight excluding hydrogens is 252 g/mol. The first-order valence-electron chi connectivity index (χ1n) is 5.71. The third-order valence-electron chi connectivity index (χ3n) is 2.42. The molecule has 4 nitrogen and oxygen atoms in total. The Bertz CT molecular complexity index is 448. The first-order valence-corrected chi connectivity index (χ1v) is 6.70. The number of thioether (sulfide) groups is 1. The summed E-state index contributed by atoms with van der Waals surface area (Å²) in [6.45, 7) is 5.19. The predicted octanol–water partition coefficient (Wildman–Crippen LogP) is 2.70.